The van der Waals surface area contributed by atoms with E-state index in [0.29, 0.717) is 6.04 Å². The van der Waals surface area contributed by atoms with Crippen molar-refractivity contribution >= 4 is 10.9 Å². The second-order valence-corrected chi connectivity index (χ2v) is 7.68. The minimum Gasteiger partial charge on any atom is -0.361 e. The van der Waals surface area contributed by atoms with Crippen LogP contribution in [0.15, 0.2) is 67.4 Å². The van der Waals surface area contributed by atoms with Crippen molar-refractivity contribution in [2.75, 3.05) is 13.1 Å². The van der Waals surface area contributed by atoms with Crippen LogP contribution in [-0.4, -0.2) is 43.8 Å². The molecular weight excluding hydrogens is 346 g/mol. The highest BCUT2D eigenvalue weighted by molar-refractivity contribution is 5.85. The lowest BCUT2D eigenvalue weighted by Crippen LogP contribution is -2.32. The minimum absolute atomic E-state index is 0.626. The first kappa shape index (κ1) is 17.2. The molecule has 0 bridgehead atoms. The van der Waals surface area contributed by atoms with Crippen molar-refractivity contribution in [3.05, 3.63) is 78.5 Å². The van der Waals surface area contributed by atoms with E-state index in [1.807, 2.05) is 4.57 Å². The summed E-state index contributed by atoms with van der Waals surface area (Å²) in [7, 11) is 0. The Bertz CT molecular complexity index is 1040. The zero-order valence-electron chi connectivity index (χ0n) is 16.0. The molecule has 4 aromatic rings. The number of hydrogen-bond acceptors (Lipinski definition) is 3. The van der Waals surface area contributed by atoms with Gasteiger partial charge in [-0.05, 0) is 61.6 Å². The van der Waals surface area contributed by atoms with E-state index in [0.717, 1.165) is 25.1 Å². The lowest BCUT2D eigenvalue weighted by molar-refractivity contribution is 0.256. The molecule has 1 fully saturated rings. The molecule has 1 saturated heterocycles. The SMILES string of the molecule is c1ccc(CCN2CCCC2Cc2c[nH]c3ccc(-n4cnnc4)cc23)cc1. The summed E-state index contributed by atoms with van der Waals surface area (Å²) in [4.78, 5) is 6.12. The summed E-state index contributed by atoms with van der Waals surface area (Å²) >= 11 is 0. The average Bonchev–Trinajstić information content (AvgIpc) is 3.49. The zero-order valence-corrected chi connectivity index (χ0v) is 16.0. The van der Waals surface area contributed by atoms with Crippen molar-refractivity contribution in [2.24, 2.45) is 0 Å². The van der Waals surface area contributed by atoms with Gasteiger partial charge in [-0.25, -0.2) is 0 Å². The highest BCUT2D eigenvalue weighted by Gasteiger charge is 2.25. The van der Waals surface area contributed by atoms with Gasteiger partial charge in [0.25, 0.3) is 0 Å². The van der Waals surface area contributed by atoms with Crippen LogP contribution in [0.5, 0.6) is 0 Å². The largest absolute Gasteiger partial charge is 0.361 e. The van der Waals surface area contributed by atoms with E-state index in [1.165, 1.54) is 41.4 Å². The van der Waals surface area contributed by atoms with E-state index in [2.05, 4.69) is 74.8 Å². The maximum Gasteiger partial charge on any atom is 0.123 e. The number of aromatic amines is 1. The van der Waals surface area contributed by atoms with E-state index < -0.39 is 0 Å². The molecule has 2 aromatic carbocycles. The van der Waals surface area contributed by atoms with E-state index in [1.54, 1.807) is 12.7 Å². The third kappa shape index (κ3) is 3.45. The predicted octanol–water partition coefficient (Wildman–Crippen LogP) is 4.00. The molecule has 0 amide bonds. The number of H-pyrrole nitrogens is 1. The first-order valence-corrected chi connectivity index (χ1v) is 10.1. The smallest absolute Gasteiger partial charge is 0.123 e. The number of rotatable bonds is 6. The highest BCUT2D eigenvalue weighted by Crippen LogP contribution is 2.27. The Morgan fingerprint density at radius 1 is 1.04 bits per heavy atom. The topological polar surface area (TPSA) is 49.7 Å². The second-order valence-electron chi connectivity index (χ2n) is 7.68. The molecule has 0 aliphatic carbocycles. The Hall–Kier alpha value is -2.92. The Labute approximate surface area is 165 Å². The van der Waals surface area contributed by atoms with Crippen LogP contribution in [-0.2, 0) is 12.8 Å². The van der Waals surface area contributed by atoms with Crippen LogP contribution < -0.4 is 0 Å². The van der Waals surface area contributed by atoms with Crippen LogP contribution in [0.1, 0.15) is 24.0 Å². The van der Waals surface area contributed by atoms with Gasteiger partial charge in [0.2, 0.25) is 0 Å². The molecule has 0 saturated carbocycles. The Kier molecular flexibility index (Phi) is 4.67. The maximum absolute atomic E-state index is 3.93. The van der Waals surface area contributed by atoms with Crippen molar-refractivity contribution in [1.29, 1.82) is 0 Å². The molecule has 1 aliphatic rings. The molecule has 1 aliphatic heterocycles. The predicted molar refractivity (Wildman–Crippen MR) is 112 cm³/mol. The fraction of sp³-hybridized carbons (Fsp3) is 0.304. The van der Waals surface area contributed by atoms with Gasteiger partial charge in [0.1, 0.15) is 12.7 Å². The molecule has 142 valence electrons. The fourth-order valence-electron chi connectivity index (χ4n) is 4.42. The number of benzene rings is 2. The van der Waals surface area contributed by atoms with Gasteiger partial charge in [-0.3, -0.25) is 9.47 Å². The lowest BCUT2D eigenvalue weighted by atomic mass is 10.0. The van der Waals surface area contributed by atoms with Gasteiger partial charge in [0.15, 0.2) is 0 Å². The highest BCUT2D eigenvalue weighted by atomic mass is 15.2. The van der Waals surface area contributed by atoms with Crippen LogP contribution in [0.2, 0.25) is 0 Å². The van der Waals surface area contributed by atoms with Crippen LogP contribution in [0.4, 0.5) is 0 Å². The monoisotopic (exact) mass is 371 g/mol. The molecule has 5 nitrogen and oxygen atoms in total. The van der Waals surface area contributed by atoms with Crippen LogP contribution in [0.3, 0.4) is 0 Å². The zero-order chi connectivity index (χ0) is 18.8. The van der Waals surface area contributed by atoms with Crippen LogP contribution in [0, 0.1) is 0 Å². The quantitative estimate of drug-likeness (QED) is 0.557. The van der Waals surface area contributed by atoms with Crippen molar-refractivity contribution < 1.29 is 0 Å². The number of hydrogen-bond donors (Lipinski definition) is 1. The van der Waals surface area contributed by atoms with Gasteiger partial charge in [-0.1, -0.05) is 30.3 Å². The van der Waals surface area contributed by atoms with Crippen molar-refractivity contribution in [3.8, 4) is 5.69 Å². The first-order valence-electron chi connectivity index (χ1n) is 10.1. The molecule has 0 radical (unpaired) electrons. The van der Waals surface area contributed by atoms with Gasteiger partial charge in [0, 0.05) is 35.4 Å². The maximum atomic E-state index is 3.93. The molecule has 28 heavy (non-hydrogen) atoms. The van der Waals surface area contributed by atoms with Gasteiger partial charge in [0.05, 0.1) is 0 Å². The van der Waals surface area contributed by atoms with Crippen molar-refractivity contribution in [1.82, 2.24) is 24.6 Å². The Morgan fingerprint density at radius 2 is 1.89 bits per heavy atom. The van der Waals surface area contributed by atoms with Crippen molar-refractivity contribution in [2.45, 2.75) is 31.7 Å². The van der Waals surface area contributed by atoms with Gasteiger partial charge < -0.3 is 4.98 Å². The summed E-state index contributed by atoms with van der Waals surface area (Å²) < 4.78 is 1.96. The number of fused-ring (bicyclic) bond motifs is 1. The Morgan fingerprint density at radius 3 is 2.75 bits per heavy atom. The van der Waals surface area contributed by atoms with E-state index >= 15 is 0 Å². The molecule has 0 spiro atoms. The number of likely N-dealkylation sites (tertiary alicyclic amines) is 1. The number of nitrogens with zero attached hydrogens (tertiary/aromatic N) is 4. The van der Waals surface area contributed by atoms with Crippen LogP contribution in [0.25, 0.3) is 16.6 Å². The molecule has 1 atom stereocenters. The molecule has 2 aromatic heterocycles. The van der Waals surface area contributed by atoms with E-state index in [9.17, 15) is 0 Å². The van der Waals surface area contributed by atoms with Gasteiger partial charge in [-0.15, -0.1) is 10.2 Å². The third-order valence-electron chi connectivity index (χ3n) is 5.95. The summed E-state index contributed by atoms with van der Waals surface area (Å²) in [6, 6.07) is 18.0. The number of nitrogens with one attached hydrogen (secondary N) is 1. The fourth-order valence-corrected chi connectivity index (χ4v) is 4.42. The summed E-state index contributed by atoms with van der Waals surface area (Å²) in [6.07, 6.45) is 10.5. The van der Waals surface area contributed by atoms with Gasteiger partial charge in [-0.2, -0.15) is 0 Å². The summed E-state index contributed by atoms with van der Waals surface area (Å²) in [5, 5.41) is 9.16. The minimum atomic E-state index is 0.626. The van der Waals surface area contributed by atoms with Crippen LogP contribution >= 0.6 is 0 Å². The van der Waals surface area contributed by atoms with Gasteiger partial charge >= 0.3 is 0 Å². The summed E-state index contributed by atoms with van der Waals surface area (Å²) in [5.41, 5.74) is 5.13. The standard InChI is InChI=1S/C23H25N5/c1-2-5-18(6-3-1)10-12-27-11-4-7-20(27)13-19-15-24-23-9-8-21(14-22(19)23)28-16-25-26-17-28/h1-3,5-6,8-9,14-17,20,24H,4,7,10-13H2. The Balaban J connectivity index is 1.33. The molecule has 3 heterocycles. The molecule has 5 rings (SSSR count). The normalized spacial score (nSPS) is 17.5. The average molecular weight is 371 g/mol. The molecule has 1 unspecified atom stereocenters. The first-order chi connectivity index (χ1) is 13.9. The molecule has 1 N–H and O–H groups in total. The second kappa shape index (κ2) is 7.60. The third-order valence-corrected chi connectivity index (χ3v) is 5.95. The summed E-state index contributed by atoms with van der Waals surface area (Å²) in [5.74, 6) is 0. The lowest BCUT2D eigenvalue weighted by Gasteiger charge is -2.24. The van der Waals surface area contributed by atoms with E-state index in [4.69, 9.17) is 0 Å². The molecule has 5 heteroatoms. The number of aromatic nitrogens is 4. The van der Waals surface area contributed by atoms with Crippen molar-refractivity contribution in [3.63, 3.8) is 0 Å². The molecular formula is C23H25N5. The summed E-state index contributed by atoms with van der Waals surface area (Å²) in [6.45, 7) is 2.36. The van der Waals surface area contributed by atoms with E-state index in [-0.39, 0.29) is 0 Å².